The van der Waals surface area contributed by atoms with Gasteiger partial charge in [0.05, 0.1) is 0 Å². The maximum Gasteiger partial charge on any atom is 0.109 e. The Labute approximate surface area is 123 Å². The van der Waals surface area contributed by atoms with E-state index in [-0.39, 0.29) is 0 Å². The average Bonchev–Trinajstić information content (AvgIpc) is 2.51. The number of fused-ring (bicyclic) bond motifs is 4. The van der Waals surface area contributed by atoms with Crippen LogP contribution in [0.25, 0.3) is 27.6 Å². The van der Waals surface area contributed by atoms with Crippen LogP contribution >= 0.6 is 0 Å². The van der Waals surface area contributed by atoms with E-state index in [9.17, 15) is 10.2 Å². The first-order valence-corrected chi connectivity index (χ1v) is 7.16. The van der Waals surface area contributed by atoms with Gasteiger partial charge >= 0.3 is 0 Å². The number of rotatable bonds is 0. The molecule has 0 heterocycles. The molecule has 2 nitrogen and oxygen atoms in total. The Bertz CT molecular complexity index is 893. The van der Waals surface area contributed by atoms with Gasteiger partial charge in [0.1, 0.15) is 12.2 Å². The van der Waals surface area contributed by atoms with Crippen molar-refractivity contribution in [2.75, 3.05) is 0 Å². The van der Waals surface area contributed by atoms with E-state index in [1.54, 1.807) is 6.08 Å². The molecule has 1 aliphatic carbocycles. The van der Waals surface area contributed by atoms with Gasteiger partial charge in [0, 0.05) is 0 Å². The van der Waals surface area contributed by atoms with Crippen LogP contribution in [-0.2, 0) is 0 Å². The van der Waals surface area contributed by atoms with Crippen molar-refractivity contribution >= 4 is 27.6 Å². The lowest BCUT2D eigenvalue weighted by molar-refractivity contribution is 0.0467. The summed E-state index contributed by atoms with van der Waals surface area (Å²) in [6.45, 7) is 2.02. The van der Waals surface area contributed by atoms with Crippen LogP contribution in [0.4, 0.5) is 0 Å². The standard InChI is InChI=1S/C19H16O2/c1-11-14-8-6-12-4-2-3-5-15(12)16(14)10-13-7-9-17(20)19(21)18(11)13/h2-10,17,19-21H,1H3/t17-,19+/m1/s1. The molecule has 3 aromatic carbocycles. The van der Waals surface area contributed by atoms with Crippen LogP contribution in [-0.4, -0.2) is 16.3 Å². The third-order valence-electron chi connectivity index (χ3n) is 4.48. The Hall–Kier alpha value is -2.16. The minimum atomic E-state index is -0.846. The minimum absolute atomic E-state index is 0.825. The molecular weight excluding hydrogens is 260 g/mol. The summed E-state index contributed by atoms with van der Waals surface area (Å²) in [5, 5.41) is 24.9. The van der Waals surface area contributed by atoms with Gasteiger partial charge in [-0.15, -0.1) is 0 Å². The molecule has 0 fully saturated rings. The lowest BCUT2D eigenvalue weighted by Gasteiger charge is -2.25. The van der Waals surface area contributed by atoms with Crippen molar-refractivity contribution in [3.63, 3.8) is 0 Å². The van der Waals surface area contributed by atoms with Gasteiger partial charge in [0.2, 0.25) is 0 Å². The molecule has 0 radical (unpaired) electrons. The van der Waals surface area contributed by atoms with Crippen LogP contribution in [0.2, 0.25) is 0 Å². The summed E-state index contributed by atoms with van der Waals surface area (Å²) in [7, 11) is 0. The number of aliphatic hydroxyl groups is 2. The highest BCUT2D eigenvalue weighted by Gasteiger charge is 2.25. The maximum absolute atomic E-state index is 10.3. The van der Waals surface area contributed by atoms with Gasteiger partial charge in [0.25, 0.3) is 0 Å². The van der Waals surface area contributed by atoms with E-state index in [2.05, 4.69) is 30.3 Å². The summed E-state index contributed by atoms with van der Waals surface area (Å²) >= 11 is 0. The molecule has 21 heavy (non-hydrogen) atoms. The number of hydrogen-bond donors (Lipinski definition) is 2. The fourth-order valence-electron chi connectivity index (χ4n) is 3.38. The fraction of sp³-hybridized carbons (Fsp3) is 0.158. The SMILES string of the molecule is Cc1c2c(cc3c1ccc1ccccc13)C=C[C@@H](O)[C@@H]2O. The third-order valence-corrected chi connectivity index (χ3v) is 4.48. The molecule has 2 heteroatoms. The second-order valence-electron chi connectivity index (χ2n) is 5.68. The summed E-state index contributed by atoms with van der Waals surface area (Å²) in [5.74, 6) is 0. The van der Waals surface area contributed by atoms with Crippen LogP contribution < -0.4 is 0 Å². The summed E-state index contributed by atoms with van der Waals surface area (Å²) < 4.78 is 0. The zero-order valence-electron chi connectivity index (χ0n) is 11.7. The third kappa shape index (κ3) is 1.73. The first-order chi connectivity index (χ1) is 10.2. The first kappa shape index (κ1) is 12.6. The lowest BCUT2D eigenvalue weighted by atomic mass is 9.85. The van der Waals surface area contributed by atoms with Crippen LogP contribution in [0, 0.1) is 6.92 Å². The minimum Gasteiger partial charge on any atom is -0.386 e. The van der Waals surface area contributed by atoms with E-state index in [4.69, 9.17) is 0 Å². The highest BCUT2D eigenvalue weighted by molar-refractivity contribution is 6.09. The van der Waals surface area contributed by atoms with Crippen molar-refractivity contribution in [1.29, 1.82) is 0 Å². The van der Waals surface area contributed by atoms with E-state index < -0.39 is 12.2 Å². The van der Waals surface area contributed by atoms with Gasteiger partial charge in [-0.2, -0.15) is 0 Å². The molecule has 0 saturated heterocycles. The fourth-order valence-corrected chi connectivity index (χ4v) is 3.38. The Morgan fingerprint density at radius 2 is 1.71 bits per heavy atom. The van der Waals surface area contributed by atoms with Crippen LogP contribution in [0.5, 0.6) is 0 Å². The summed E-state index contributed by atoms with van der Waals surface area (Å²) in [6, 6.07) is 14.7. The molecule has 0 unspecified atom stereocenters. The van der Waals surface area contributed by atoms with E-state index in [0.717, 1.165) is 22.1 Å². The van der Waals surface area contributed by atoms with Gasteiger partial charge in [-0.05, 0) is 51.2 Å². The normalized spacial score (nSPS) is 20.9. The Balaban J connectivity index is 2.16. The molecule has 0 aliphatic heterocycles. The zero-order valence-corrected chi connectivity index (χ0v) is 11.7. The number of hydrogen-bond acceptors (Lipinski definition) is 2. The predicted octanol–water partition coefficient (Wildman–Crippen LogP) is 3.72. The quantitative estimate of drug-likeness (QED) is 0.614. The number of aryl methyl sites for hydroxylation is 1. The molecule has 0 saturated carbocycles. The second-order valence-corrected chi connectivity index (χ2v) is 5.68. The van der Waals surface area contributed by atoms with Crippen molar-refractivity contribution in [3.8, 4) is 0 Å². The second kappa shape index (κ2) is 4.42. The largest absolute Gasteiger partial charge is 0.386 e. The predicted molar refractivity (Wildman–Crippen MR) is 86.2 cm³/mol. The van der Waals surface area contributed by atoms with Gasteiger partial charge in [-0.25, -0.2) is 0 Å². The molecule has 104 valence electrons. The zero-order chi connectivity index (χ0) is 14.6. The molecule has 2 N–H and O–H groups in total. The van der Waals surface area contributed by atoms with Crippen molar-refractivity contribution in [2.24, 2.45) is 0 Å². The van der Waals surface area contributed by atoms with Crippen LogP contribution in [0.15, 0.2) is 48.5 Å². The van der Waals surface area contributed by atoms with Crippen molar-refractivity contribution in [1.82, 2.24) is 0 Å². The van der Waals surface area contributed by atoms with E-state index in [1.165, 1.54) is 16.2 Å². The van der Waals surface area contributed by atoms with Gasteiger partial charge < -0.3 is 10.2 Å². The number of aliphatic hydroxyl groups excluding tert-OH is 2. The molecule has 0 amide bonds. The summed E-state index contributed by atoms with van der Waals surface area (Å²) in [5.41, 5.74) is 2.88. The number of benzene rings is 3. The summed E-state index contributed by atoms with van der Waals surface area (Å²) in [4.78, 5) is 0. The molecule has 0 bridgehead atoms. The van der Waals surface area contributed by atoms with E-state index in [0.29, 0.717) is 0 Å². The molecule has 0 aromatic heterocycles. The lowest BCUT2D eigenvalue weighted by Crippen LogP contribution is -2.20. The highest BCUT2D eigenvalue weighted by atomic mass is 16.3. The van der Waals surface area contributed by atoms with Crippen molar-refractivity contribution < 1.29 is 10.2 Å². The summed E-state index contributed by atoms with van der Waals surface area (Å²) in [6.07, 6.45) is 1.89. The van der Waals surface area contributed by atoms with Crippen LogP contribution in [0.1, 0.15) is 22.8 Å². The molecule has 0 spiro atoms. The van der Waals surface area contributed by atoms with Gasteiger partial charge in [-0.3, -0.25) is 0 Å². The molecular formula is C19H16O2. The monoisotopic (exact) mass is 276 g/mol. The van der Waals surface area contributed by atoms with E-state index >= 15 is 0 Å². The Morgan fingerprint density at radius 1 is 0.905 bits per heavy atom. The molecule has 3 aromatic rings. The first-order valence-electron chi connectivity index (χ1n) is 7.16. The highest BCUT2D eigenvalue weighted by Crippen LogP contribution is 2.37. The van der Waals surface area contributed by atoms with Crippen molar-refractivity contribution in [2.45, 2.75) is 19.1 Å². The maximum atomic E-state index is 10.3. The molecule has 2 atom stereocenters. The smallest absolute Gasteiger partial charge is 0.109 e. The molecule has 1 aliphatic rings. The average molecular weight is 276 g/mol. The molecule has 4 rings (SSSR count). The van der Waals surface area contributed by atoms with E-state index in [1.807, 2.05) is 25.1 Å². The van der Waals surface area contributed by atoms with Gasteiger partial charge in [-0.1, -0.05) is 48.6 Å². The van der Waals surface area contributed by atoms with Gasteiger partial charge in [0.15, 0.2) is 0 Å². The van der Waals surface area contributed by atoms with Crippen molar-refractivity contribution in [3.05, 3.63) is 65.2 Å². The Kier molecular flexibility index (Phi) is 2.64. The topological polar surface area (TPSA) is 40.5 Å². The Morgan fingerprint density at radius 3 is 2.57 bits per heavy atom. The van der Waals surface area contributed by atoms with Crippen LogP contribution in [0.3, 0.4) is 0 Å².